The fourth-order valence-electron chi connectivity index (χ4n) is 2.43. The zero-order chi connectivity index (χ0) is 13.5. The molecule has 0 fully saturated rings. The van der Waals surface area contributed by atoms with Gasteiger partial charge in [0.2, 0.25) is 0 Å². The lowest BCUT2D eigenvalue weighted by atomic mass is 10.0. The number of hydrogen-bond acceptors (Lipinski definition) is 3. The van der Waals surface area contributed by atoms with Crippen molar-refractivity contribution >= 4 is 16.3 Å². The molecule has 0 bridgehead atoms. The Bertz CT molecular complexity index is 978. The maximum absolute atomic E-state index is 11.7. The Labute approximate surface area is 113 Å². The number of H-pyrrole nitrogens is 1. The van der Waals surface area contributed by atoms with E-state index in [1.54, 1.807) is 6.07 Å². The third-order valence-electron chi connectivity index (χ3n) is 3.37. The number of hydrogen-bond donors (Lipinski definition) is 1. The third-order valence-corrected chi connectivity index (χ3v) is 3.37. The predicted molar refractivity (Wildman–Crippen MR) is 76.5 cm³/mol. The lowest BCUT2D eigenvalue weighted by molar-refractivity contribution is 0.848. The van der Waals surface area contributed by atoms with Crippen molar-refractivity contribution in [3.63, 3.8) is 0 Å². The van der Waals surface area contributed by atoms with Gasteiger partial charge in [-0.25, -0.2) is 9.61 Å². The molecular formula is C15H10N4O. The van der Waals surface area contributed by atoms with Crippen LogP contribution < -0.4 is 5.56 Å². The molecular weight excluding hydrogens is 252 g/mol. The minimum Gasteiger partial charge on any atom is -0.266 e. The van der Waals surface area contributed by atoms with Gasteiger partial charge in [-0.1, -0.05) is 42.5 Å². The number of aromatic amines is 1. The molecule has 0 saturated heterocycles. The Morgan fingerprint density at radius 2 is 1.90 bits per heavy atom. The standard InChI is InChI=1S/C15H10N4O/c20-15-14-8-13(18-19(14)9-16-17-15)12-7-3-5-10-4-1-2-6-11(10)12/h1-9H,(H,17,20). The smallest absolute Gasteiger partial charge is 0.266 e. The SMILES string of the molecule is O=c1[nH]ncn2nc(-c3cccc4ccccc34)cc12. The Kier molecular flexibility index (Phi) is 2.20. The molecule has 0 atom stereocenters. The first-order valence-corrected chi connectivity index (χ1v) is 6.24. The highest BCUT2D eigenvalue weighted by atomic mass is 16.1. The van der Waals surface area contributed by atoms with E-state index in [2.05, 4.69) is 33.5 Å². The second-order valence-electron chi connectivity index (χ2n) is 4.57. The monoisotopic (exact) mass is 262 g/mol. The molecule has 0 amide bonds. The van der Waals surface area contributed by atoms with E-state index in [9.17, 15) is 4.79 Å². The van der Waals surface area contributed by atoms with Crippen LogP contribution in [-0.2, 0) is 0 Å². The van der Waals surface area contributed by atoms with Crippen LogP contribution in [-0.4, -0.2) is 19.8 Å². The highest BCUT2D eigenvalue weighted by molar-refractivity contribution is 5.96. The summed E-state index contributed by atoms with van der Waals surface area (Å²) in [4.78, 5) is 11.7. The Morgan fingerprint density at radius 3 is 2.80 bits per heavy atom. The average molecular weight is 262 g/mol. The highest BCUT2D eigenvalue weighted by Crippen LogP contribution is 2.27. The van der Waals surface area contributed by atoms with Gasteiger partial charge in [-0.15, -0.1) is 0 Å². The number of rotatable bonds is 1. The molecule has 0 aliphatic carbocycles. The van der Waals surface area contributed by atoms with Gasteiger partial charge in [0.1, 0.15) is 11.8 Å². The van der Waals surface area contributed by atoms with Crippen LogP contribution in [0, 0.1) is 0 Å². The molecule has 20 heavy (non-hydrogen) atoms. The molecule has 1 N–H and O–H groups in total. The molecule has 0 unspecified atom stereocenters. The van der Waals surface area contributed by atoms with Crippen LogP contribution in [0.5, 0.6) is 0 Å². The van der Waals surface area contributed by atoms with Crippen molar-refractivity contribution in [3.8, 4) is 11.3 Å². The van der Waals surface area contributed by atoms with Crippen LogP contribution in [0.1, 0.15) is 0 Å². The van der Waals surface area contributed by atoms with E-state index in [0.29, 0.717) is 5.52 Å². The fraction of sp³-hybridized carbons (Fsp3) is 0. The summed E-state index contributed by atoms with van der Waals surface area (Å²) in [6.45, 7) is 0. The zero-order valence-electron chi connectivity index (χ0n) is 10.4. The van der Waals surface area contributed by atoms with Crippen molar-refractivity contribution in [1.82, 2.24) is 19.8 Å². The van der Waals surface area contributed by atoms with Gasteiger partial charge in [0.25, 0.3) is 5.56 Å². The molecule has 0 spiro atoms. The molecule has 2 aromatic carbocycles. The van der Waals surface area contributed by atoms with Gasteiger partial charge >= 0.3 is 0 Å². The lowest BCUT2D eigenvalue weighted by Crippen LogP contribution is -2.10. The van der Waals surface area contributed by atoms with Crippen molar-refractivity contribution < 1.29 is 0 Å². The van der Waals surface area contributed by atoms with E-state index in [-0.39, 0.29) is 5.56 Å². The topological polar surface area (TPSA) is 63.0 Å². The zero-order valence-corrected chi connectivity index (χ0v) is 10.4. The van der Waals surface area contributed by atoms with Gasteiger partial charge in [-0.2, -0.15) is 10.2 Å². The van der Waals surface area contributed by atoms with E-state index < -0.39 is 0 Å². The quantitative estimate of drug-likeness (QED) is 0.572. The van der Waals surface area contributed by atoms with Crippen molar-refractivity contribution in [1.29, 1.82) is 0 Å². The average Bonchev–Trinajstić information content (AvgIpc) is 2.92. The minimum absolute atomic E-state index is 0.244. The Balaban J connectivity index is 2.06. The van der Waals surface area contributed by atoms with E-state index in [4.69, 9.17) is 0 Å². The molecule has 0 aliphatic heterocycles. The molecule has 4 aromatic rings. The van der Waals surface area contributed by atoms with E-state index >= 15 is 0 Å². The number of benzene rings is 2. The Hall–Kier alpha value is -2.95. The molecule has 2 heterocycles. The van der Waals surface area contributed by atoms with Crippen molar-refractivity contribution in [2.75, 3.05) is 0 Å². The number of nitrogens with one attached hydrogen (secondary N) is 1. The third kappa shape index (κ3) is 1.53. The second kappa shape index (κ2) is 4.03. The number of aromatic nitrogens is 4. The first-order valence-electron chi connectivity index (χ1n) is 6.24. The Morgan fingerprint density at radius 1 is 1.05 bits per heavy atom. The summed E-state index contributed by atoms with van der Waals surface area (Å²) < 4.78 is 1.50. The molecule has 0 radical (unpaired) electrons. The van der Waals surface area contributed by atoms with E-state index in [1.165, 1.54) is 10.8 Å². The van der Waals surface area contributed by atoms with Gasteiger partial charge in [0.15, 0.2) is 0 Å². The number of fused-ring (bicyclic) bond motifs is 2. The van der Waals surface area contributed by atoms with Crippen LogP contribution in [0.3, 0.4) is 0 Å². The summed E-state index contributed by atoms with van der Waals surface area (Å²) in [6.07, 6.45) is 1.49. The van der Waals surface area contributed by atoms with Crippen molar-refractivity contribution in [2.45, 2.75) is 0 Å². The molecule has 2 aromatic heterocycles. The van der Waals surface area contributed by atoms with Crippen molar-refractivity contribution in [2.24, 2.45) is 0 Å². The minimum atomic E-state index is -0.244. The van der Waals surface area contributed by atoms with E-state index in [1.807, 2.05) is 24.3 Å². The summed E-state index contributed by atoms with van der Waals surface area (Å²) in [6, 6.07) is 15.9. The maximum atomic E-state index is 11.7. The van der Waals surface area contributed by atoms with Crippen LogP contribution in [0.2, 0.25) is 0 Å². The maximum Gasteiger partial charge on any atom is 0.290 e. The van der Waals surface area contributed by atoms with Gasteiger partial charge < -0.3 is 0 Å². The lowest BCUT2D eigenvalue weighted by Gasteiger charge is -2.02. The van der Waals surface area contributed by atoms with Crippen molar-refractivity contribution in [3.05, 3.63) is 65.2 Å². The molecule has 4 rings (SSSR count). The normalized spacial score (nSPS) is 11.2. The first kappa shape index (κ1) is 10.9. The fourth-order valence-corrected chi connectivity index (χ4v) is 2.43. The second-order valence-corrected chi connectivity index (χ2v) is 4.57. The molecule has 0 aliphatic rings. The first-order chi connectivity index (χ1) is 9.83. The van der Waals surface area contributed by atoms with Crippen LogP contribution in [0.15, 0.2) is 59.7 Å². The summed E-state index contributed by atoms with van der Waals surface area (Å²) in [5.74, 6) is 0. The molecule has 96 valence electrons. The summed E-state index contributed by atoms with van der Waals surface area (Å²) in [7, 11) is 0. The van der Waals surface area contributed by atoms with Crippen LogP contribution in [0.25, 0.3) is 27.5 Å². The largest absolute Gasteiger partial charge is 0.290 e. The molecule has 0 saturated carbocycles. The van der Waals surface area contributed by atoms with E-state index in [0.717, 1.165) is 22.0 Å². The molecule has 5 nitrogen and oxygen atoms in total. The highest BCUT2D eigenvalue weighted by Gasteiger charge is 2.09. The predicted octanol–water partition coefficient (Wildman–Crippen LogP) is 2.24. The molecule has 5 heteroatoms. The van der Waals surface area contributed by atoms with Gasteiger partial charge in [-0.3, -0.25) is 4.79 Å². The van der Waals surface area contributed by atoms with Gasteiger partial charge in [-0.05, 0) is 16.8 Å². The van der Waals surface area contributed by atoms with Crippen LogP contribution >= 0.6 is 0 Å². The number of nitrogens with zero attached hydrogens (tertiary/aromatic N) is 3. The summed E-state index contributed by atoms with van der Waals surface area (Å²) in [5, 5.41) is 12.8. The van der Waals surface area contributed by atoms with Gasteiger partial charge in [0.05, 0.1) is 5.69 Å². The van der Waals surface area contributed by atoms with Crippen LogP contribution in [0.4, 0.5) is 0 Å². The summed E-state index contributed by atoms with van der Waals surface area (Å²) in [5.41, 5.74) is 2.01. The van der Waals surface area contributed by atoms with Gasteiger partial charge in [0, 0.05) is 5.56 Å². The summed E-state index contributed by atoms with van der Waals surface area (Å²) >= 11 is 0.